The molecule has 3 aromatic rings. The summed E-state index contributed by atoms with van der Waals surface area (Å²) in [7, 11) is 0. The molecule has 0 bridgehead atoms. The Bertz CT molecular complexity index is 1200. The van der Waals surface area contributed by atoms with Gasteiger partial charge in [0.05, 0.1) is 24.5 Å². The van der Waals surface area contributed by atoms with Crippen LogP contribution in [0.3, 0.4) is 0 Å². The Kier molecular flexibility index (Phi) is 9.03. The highest BCUT2D eigenvalue weighted by molar-refractivity contribution is 7.99. The number of rotatable bonds is 10. The van der Waals surface area contributed by atoms with Crippen molar-refractivity contribution < 1.29 is 19.1 Å². The molecule has 0 spiro atoms. The quantitative estimate of drug-likeness (QED) is 0.208. The SMILES string of the molecule is CCOC(=O)c1c(NC(=O)CSc2nnc(-c3ccc(OCC)cc3)n2CC)sc2c1CCCCC2. The standard InChI is InChI=1S/C26H32N4O4S2/c1-4-30-23(17-12-14-18(15-13-17)33-5-2)28-29-26(30)35-16-21(31)27-24-22(25(32)34-6-3)19-10-8-7-9-11-20(19)36-24/h12-15H,4-11,16H2,1-3H3,(H,27,31). The number of thiophene rings is 1. The van der Waals surface area contributed by atoms with Crippen LogP contribution in [0.4, 0.5) is 5.00 Å². The number of hydrogen-bond donors (Lipinski definition) is 1. The Labute approximate surface area is 219 Å². The largest absolute Gasteiger partial charge is 0.494 e. The van der Waals surface area contributed by atoms with Gasteiger partial charge in [-0.1, -0.05) is 18.2 Å². The number of nitrogens with zero attached hydrogens (tertiary/aromatic N) is 3. The van der Waals surface area contributed by atoms with E-state index in [1.54, 1.807) is 6.92 Å². The first-order valence-corrected chi connectivity index (χ1v) is 14.3. The molecule has 192 valence electrons. The fraction of sp³-hybridized carbons (Fsp3) is 0.462. The van der Waals surface area contributed by atoms with Crippen LogP contribution in [0.1, 0.15) is 60.8 Å². The molecule has 1 aromatic carbocycles. The number of benzene rings is 1. The summed E-state index contributed by atoms with van der Waals surface area (Å²) < 4.78 is 12.8. The highest BCUT2D eigenvalue weighted by Gasteiger charge is 2.27. The third-order valence-electron chi connectivity index (χ3n) is 5.94. The lowest BCUT2D eigenvalue weighted by Gasteiger charge is -2.09. The molecule has 2 aromatic heterocycles. The summed E-state index contributed by atoms with van der Waals surface area (Å²) in [5, 5.41) is 12.9. The van der Waals surface area contributed by atoms with Crippen molar-refractivity contribution in [1.82, 2.24) is 14.8 Å². The topological polar surface area (TPSA) is 95.3 Å². The molecular formula is C26H32N4O4S2. The summed E-state index contributed by atoms with van der Waals surface area (Å²) in [5.74, 6) is 1.17. The minimum absolute atomic E-state index is 0.159. The van der Waals surface area contributed by atoms with E-state index in [-0.39, 0.29) is 17.6 Å². The third-order valence-corrected chi connectivity index (χ3v) is 8.12. The van der Waals surface area contributed by atoms with E-state index < -0.39 is 0 Å². The normalized spacial score (nSPS) is 13.1. The van der Waals surface area contributed by atoms with E-state index in [1.165, 1.54) is 28.0 Å². The molecule has 8 nitrogen and oxygen atoms in total. The lowest BCUT2D eigenvalue weighted by Crippen LogP contribution is -2.17. The fourth-order valence-corrected chi connectivity index (χ4v) is 6.40. The van der Waals surface area contributed by atoms with E-state index >= 15 is 0 Å². The molecule has 1 aliphatic rings. The molecule has 0 aliphatic heterocycles. The number of thioether (sulfide) groups is 1. The van der Waals surface area contributed by atoms with E-state index in [0.29, 0.717) is 35.5 Å². The Morgan fingerprint density at radius 3 is 2.56 bits per heavy atom. The van der Waals surface area contributed by atoms with Gasteiger partial charge in [-0.15, -0.1) is 21.5 Å². The number of aromatic nitrogens is 3. The smallest absolute Gasteiger partial charge is 0.341 e. The van der Waals surface area contributed by atoms with Gasteiger partial charge in [0.1, 0.15) is 10.8 Å². The second-order valence-corrected chi connectivity index (χ2v) is 10.4. The second-order valence-electron chi connectivity index (χ2n) is 8.33. The predicted octanol–water partition coefficient (Wildman–Crippen LogP) is 5.60. The third kappa shape index (κ3) is 5.92. The zero-order valence-corrected chi connectivity index (χ0v) is 22.6. The second kappa shape index (κ2) is 12.4. The summed E-state index contributed by atoms with van der Waals surface area (Å²) in [4.78, 5) is 26.9. The van der Waals surface area contributed by atoms with Crippen molar-refractivity contribution >= 4 is 40.0 Å². The molecule has 1 aliphatic carbocycles. The van der Waals surface area contributed by atoms with Gasteiger partial charge in [0.25, 0.3) is 0 Å². The lowest BCUT2D eigenvalue weighted by atomic mass is 10.1. The molecule has 1 N–H and O–H groups in total. The van der Waals surface area contributed by atoms with E-state index in [9.17, 15) is 9.59 Å². The van der Waals surface area contributed by atoms with Crippen LogP contribution in [-0.4, -0.2) is 45.6 Å². The maximum Gasteiger partial charge on any atom is 0.341 e. The average Bonchev–Trinajstić information content (AvgIpc) is 3.36. The first-order chi connectivity index (χ1) is 17.5. The van der Waals surface area contributed by atoms with E-state index in [0.717, 1.165) is 54.8 Å². The van der Waals surface area contributed by atoms with E-state index in [2.05, 4.69) is 15.5 Å². The number of ether oxygens (including phenoxy) is 2. The monoisotopic (exact) mass is 528 g/mol. The van der Waals surface area contributed by atoms with Crippen LogP contribution in [0.5, 0.6) is 5.75 Å². The zero-order chi connectivity index (χ0) is 25.5. The van der Waals surface area contributed by atoms with Gasteiger partial charge in [0, 0.05) is 17.0 Å². The molecule has 4 rings (SSSR count). The predicted molar refractivity (Wildman–Crippen MR) is 143 cm³/mol. The van der Waals surface area contributed by atoms with Gasteiger partial charge < -0.3 is 19.4 Å². The molecule has 36 heavy (non-hydrogen) atoms. The molecule has 0 saturated heterocycles. The van der Waals surface area contributed by atoms with Gasteiger partial charge in [-0.2, -0.15) is 0 Å². The van der Waals surface area contributed by atoms with Gasteiger partial charge in [-0.05, 0) is 76.3 Å². The van der Waals surface area contributed by atoms with Crippen LogP contribution in [0.15, 0.2) is 29.4 Å². The van der Waals surface area contributed by atoms with Crippen LogP contribution in [0.25, 0.3) is 11.4 Å². The first kappa shape index (κ1) is 26.2. The maximum atomic E-state index is 12.9. The number of amides is 1. The number of nitrogens with one attached hydrogen (secondary N) is 1. The molecule has 0 saturated carbocycles. The lowest BCUT2D eigenvalue weighted by molar-refractivity contribution is -0.113. The Balaban J connectivity index is 1.47. The van der Waals surface area contributed by atoms with Gasteiger partial charge in [0.15, 0.2) is 11.0 Å². The molecular weight excluding hydrogens is 496 g/mol. The Morgan fingerprint density at radius 2 is 1.83 bits per heavy atom. The fourth-order valence-electron chi connectivity index (χ4n) is 4.30. The molecule has 0 fully saturated rings. The molecule has 0 atom stereocenters. The highest BCUT2D eigenvalue weighted by Crippen LogP contribution is 2.38. The van der Waals surface area contributed by atoms with Crippen LogP contribution in [-0.2, 0) is 28.9 Å². The average molecular weight is 529 g/mol. The van der Waals surface area contributed by atoms with Crippen molar-refractivity contribution in [2.75, 3.05) is 24.3 Å². The number of esters is 1. The zero-order valence-electron chi connectivity index (χ0n) is 21.0. The number of aryl methyl sites for hydroxylation is 1. The van der Waals surface area contributed by atoms with Crippen LogP contribution in [0.2, 0.25) is 0 Å². The summed E-state index contributed by atoms with van der Waals surface area (Å²) in [6.45, 7) is 7.36. The maximum absolute atomic E-state index is 12.9. The summed E-state index contributed by atoms with van der Waals surface area (Å²) >= 11 is 2.84. The van der Waals surface area contributed by atoms with E-state index in [1.807, 2.05) is 42.7 Å². The number of carbonyl (C=O) groups is 2. The summed E-state index contributed by atoms with van der Waals surface area (Å²) in [6.07, 6.45) is 5.08. The Morgan fingerprint density at radius 1 is 1.06 bits per heavy atom. The molecule has 0 unspecified atom stereocenters. The van der Waals surface area contributed by atoms with Gasteiger partial charge in [-0.25, -0.2) is 4.79 Å². The Hall–Kier alpha value is -2.85. The minimum atomic E-state index is -0.356. The van der Waals surface area contributed by atoms with Crippen molar-refractivity contribution in [3.63, 3.8) is 0 Å². The highest BCUT2D eigenvalue weighted by atomic mass is 32.2. The number of hydrogen-bond acceptors (Lipinski definition) is 8. The van der Waals surface area contributed by atoms with Crippen molar-refractivity contribution in [2.45, 2.75) is 64.6 Å². The van der Waals surface area contributed by atoms with Crippen LogP contribution < -0.4 is 10.1 Å². The first-order valence-electron chi connectivity index (χ1n) is 12.5. The van der Waals surface area contributed by atoms with E-state index in [4.69, 9.17) is 9.47 Å². The van der Waals surface area contributed by atoms with Gasteiger partial charge in [0.2, 0.25) is 5.91 Å². The summed E-state index contributed by atoms with van der Waals surface area (Å²) in [5.41, 5.74) is 2.51. The number of carbonyl (C=O) groups excluding carboxylic acids is 2. The number of anilines is 1. The van der Waals surface area contributed by atoms with Crippen LogP contribution >= 0.6 is 23.1 Å². The summed E-state index contributed by atoms with van der Waals surface area (Å²) in [6, 6.07) is 7.75. The minimum Gasteiger partial charge on any atom is -0.494 e. The van der Waals surface area contributed by atoms with Gasteiger partial charge >= 0.3 is 5.97 Å². The van der Waals surface area contributed by atoms with Crippen molar-refractivity contribution in [1.29, 1.82) is 0 Å². The van der Waals surface area contributed by atoms with Crippen molar-refractivity contribution in [3.05, 3.63) is 40.3 Å². The molecule has 10 heteroatoms. The van der Waals surface area contributed by atoms with Gasteiger partial charge in [-0.3, -0.25) is 4.79 Å². The molecule has 1 amide bonds. The number of fused-ring (bicyclic) bond motifs is 1. The van der Waals surface area contributed by atoms with Crippen molar-refractivity contribution in [2.24, 2.45) is 0 Å². The van der Waals surface area contributed by atoms with Crippen LogP contribution in [0, 0.1) is 0 Å². The van der Waals surface area contributed by atoms with Crippen molar-refractivity contribution in [3.8, 4) is 17.1 Å². The molecule has 0 radical (unpaired) electrons. The molecule has 2 heterocycles.